The summed E-state index contributed by atoms with van der Waals surface area (Å²) in [6, 6.07) is 5.56. The second kappa shape index (κ2) is 8.37. The molecule has 5 heteroatoms. The van der Waals surface area contributed by atoms with Gasteiger partial charge in [0.25, 0.3) is 0 Å². The molecule has 0 bridgehead atoms. The summed E-state index contributed by atoms with van der Waals surface area (Å²) in [5.74, 6) is -0.0695. The summed E-state index contributed by atoms with van der Waals surface area (Å²) in [6.07, 6.45) is 4.27. The van der Waals surface area contributed by atoms with Gasteiger partial charge in [0.15, 0.2) is 0 Å². The first kappa shape index (κ1) is 17.1. The fourth-order valence-electron chi connectivity index (χ4n) is 2.04. The molecule has 0 spiro atoms. The van der Waals surface area contributed by atoms with Gasteiger partial charge in [0.05, 0.1) is 5.75 Å². The second-order valence-electron chi connectivity index (χ2n) is 5.15. The van der Waals surface area contributed by atoms with E-state index in [1.807, 2.05) is 0 Å². The third-order valence-electron chi connectivity index (χ3n) is 3.41. The molecule has 0 aromatic heterocycles. The Kier molecular flexibility index (Phi) is 7.16. The van der Waals surface area contributed by atoms with Crippen LogP contribution in [0, 0.1) is 11.7 Å². The van der Waals surface area contributed by atoms with Crippen molar-refractivity contribution in [3.63, 3.8) is 0 Å². The number of nitrogens with one attached hydrogen (secondary N) is 1. The van der Waals surface area contributed by atoms with E-state index in [1.165, 1.54) is 24.3 Å². The van der Waals surface area contributed by atoms with Gasteiger partial charge in [0, 0.05) is 6.54 Å². The Morgan fingerprint density at radius 1 is 1.20 bits per heavy atom. The number of sulfonamides is 1. The van der Waals surface area contributed by atoms with Crippen LogP contribution in [0.1, 0.15) is 45.1 Å². The van der Waals surface area contributed by atoms with E-state index in [2.05, 4.69) is 18.6 Å². The van der Waals surface area contributed by atoms with Gasteiger partial charge in [-0.05, 0) is 30.0 Å². The fourth-order valence-corrected chi connectivity index (χ4v) is 3.26. The summed E-state index contributed by atoms with van der Waals surface area (Å²) in [5, 5.41) is 0. The smallest absolute Gasteiger partial charge is 0.215 e. The Morgan fingerprint density at radius 2 is 1.85 bits per heavy atom. The molecule has 0 unspecified atom stereocenters. The highest BCUT2D eigenvalue weighted by molar-refractivity contribution is 7.88. The van der Waals surface area contributed by atoms with E-state index in [0.717, 1.165) is 25.7 Å². The van der Waals surface area contributed by atoms with Gasteiger partial charge in [0.1, 0.15) is 5.82 Å². The van der Waals surface area contributed by atoms with Crippen molar-refractivity contribution < 1.29 is 12.8 Å². The lowest BCUT2D eigenvalue weighted by Crippen LogP contribution is -2.30. The zero-order chi connectivity index (χ0) is 15.0. The molecule has 1 aromatic rings. The molecular weight excluding hydrogens is 277 g/mol. The number of unbranched alkanes of at least 4 members (excludes halogenated alkanes) is 1. The number of benzene rings is 1. The number of rotatable bonds is 9. The van der Waals surface area contributed by atoms with Crippen LogP contribution in [-0.2, 0) is 15.8 Å². The molecule has 1 rings (SSSR count). The van der Waals surface area contributed by atoms with E-state index in [-0.39, 0.29) is 11.6 Å². The van der Waals surface area contributed by atoms with Crippen molar-refractivity contribution >= 4 is 10.0 Å². The zero-order valence-electron chi connectivity index (χ0n) is 12.2. The van der Waals surface area contributed by atoms with Crippen molar-refractivity contribution in [3.05, 3.63) is 35.6 Å². The summed E-state index contributed by atoms with van der Waals surface area (Å²) in [6.45, 7) is 4.69. The third kappa shape index (κ3) is 6.48. The molecule has 0 fully saturated rings. The molecule has 0 saturated heterocycles. The zero-order valence-corrected chi connectivity index (χ0v) is 13.0. The topological polar surface area (TPSA) is 46.2 Å². The number of hydrogen-bond donors (Lipinski definition) is 1. The maximum atomic E-state index is 12.8. The molecule has 0 aliphatic carbocycles. The Bertz CT molecular complexity index is 485. The molecule has 1 aromatic carbocycles. The van der Waals surface area contributed by atoms with Crippen LogP contribution in [0.2, 0.25) is 0 Å². The predicted molar refractivity (Wildman–Crippen MR) is 80.3 cm³/mol. The van der Waals surface area contributed by atoms with E-state index in [4.69, 9.17) is 0 Å². The third-order valence-corrected chi connectivity index (χ3v) is 4.73. The fraction of sp³-hybridized carbons (Fsp3) is 0.600. The molecule has 0 radical (unpaired) electrons. The van der Waals surface area contributed by atoms with Crippen LogP contribution in [0.15, 0.2) is 24.3 Å². The van der Waals surface area contributed by atoms with E-state index >= 15 is 0 Å². The van der Waals surface area contributed by atoms with E-state index < -0.39 is 10.0 Å². The first-order chi connectivity index (χ1) is 9.46. The van der Waals surface area contributed by atoms with Crippen molar-refractivity contribution in [2.24, 2.45) is 5.92 Å². The molecule has 0 amide bonds. The van der Waals surface area contributed by atoms with Crippen LogP contribution in [0.5, 0.6) is 0 Å². The molecule has 0 aliphatic rings. The van der Waals surface area contributed by atoms with Crippen LogP contribution < -0.4 is 4.72 Å². The van der Waals surface area contributed by atoms with E-state index in [9.17, 15) is 12.8 Å². The first-order valence-electron chi connectivity index (χ1n) is 7.18. The van der Waals surface area contributed by atoms with Crippen LogP contribution >= 0.6 is 0 Å². The Hall–Kier alpha value is -0.940. The van der Waals surface area contributed by atoms with Crippen LogP contribution in [-0.4, -0.2) is 15.0 Å². The van der Waals surface area contributed by atoms with E-state index in [1.54, 1.807) is 0 Å². The largest absolute Gasteiger partial charge is 0.215 e. The highest BCUT2D eigenvalue weighted by Gasteiger charge is 2.14. The van der Waals surface area contributed by atoms with Crippen molar-refractivity contribution in [1.29, 1.82) is 0 Å². The SMILES string of the molecule is CCCC[C@H](CC)CNS(=O)(=O)Cc1ccc(F)cc1. The van der Waals surface area contributed by atoms with Gasteiger partial charge in [0.2, 0.25) is 10.0 Å². The quantitative estimate of drug-likeness (QED) is 0.759. The molecule has 0 aliphatic heterocycles. The Labute approximate surface area is 121 Å². The normalized spacial score (nSPS) is 13.3. The summed E-state index contributed by atoms with van der Waals surface area (Å²) in [7, 11) is -3.35. The van der Waals surface area contributed by atoms with Crippen LogP contribution in [0.3, 0.4) is 0 Å². The lowest BCUT2D eigenvalue weighted by atomic mass is 10.00. The molecule has 1 N–H and O–H groups in total. The predicted octanol–water partition coefficient (Wildman–Crippen LogP) is 3.46. The lowest BCUT2D eigenvalue weighted by Gasteiger charge is -2.15. The van der Waals surface area contributed by atoms with Gasteiger partial charge in [-0.1, -0.05) is 45.2 Å². The first-order valence-corrected chi connectivity index (χ1v) is 8.83. The van der Waals surface area contributed by atoms with E-state index in [0.29, 0.717) is 18.0 Å². The average molecular weight is 301 g/mol. The average Bonchev–Trinajstić information content (AvgIpc) is 2.41. The second-order valence-corrected chi connectivity index (χ2v) is 6.96. The van der Waals surface area contributed by atoms with Crippen molar-refractivity contribution in [1.82, 2.24) is 4.72 Å². The minimum atomic E-state index is -3.35. The van der Waals surface area contributed by atoms with Crippen LogP contribution in [0.4, 0.5) is 4.39 Å². The summed E-state index contributed by atoms with van der Waals surface area (Å²) >= 11 is 0. The molecule has 20 heavy (non-hydrogen) atoms. The van der Waals surface area contributed by atoms with Gasteiger partial charge in [-0.3, -0.25) is 0 Å². The molecule has 3 nitrogen and oxygen atoms in total. The standard InChI is InChI=1S/C15H24FNO2S/c1-3-5-6-13(4-2)11-17-20(18,19)12-14-7-9-15(16)10-8-14/h7-10,13,17H,3-6,11-12H2,1-2H3/t13-/m0/s1. The molecule has 0 saturated carbocycles. The van der Waals surface area contributed by atoms with Gasteiger partial charge >= 0.3 is 0 Å². The van der Waals surface area contributed by atoms with Gasteiger partial charge in [-0.2, -0.15) is 0 Å². The Morgan fingerprint density at radius 3 is 2.40 bits per heavy atom. The van der Waals surface area contributed by atoms with Gasteiger partial charge in [-0.25, -0.2) is 17.5 Å². The maximum absolute atomic E-state index is 12.8. The molecule has 0 heterocycles. The minimum Gasteiger partial charge on any atom is -0.215 e. The monoisotopic (exact) mass is 301 g/mol. The highest BCUT2D eigenvalue weighted by Crippen LogP contribution is 2.12. The highest BCUT2D eigenvalue weighted by atomic mass is 32.2. The minimum absolute atomic E-state index is 0.0997. The molecular formula is C15H24FNO2S. The maximum Gasteiger partial charge on any atom is 0.215 e. The molecule has 1 atom stereocenters. The van der Waals surface area contributed by atoms with Crippen molar-refractivity contribution in [2.75, 3.05) is 6.54 Å². The summed E-state index contributed by atoms with van der Waals surface area (Å²) in [4.78, 5) is 0. The summed E-state index contributed by atoms with van der Waals surface area (Å²) in [5.41, 5.74) is 0.598. The van der Waals surface area contributed by atoms with Crippen molar-refractivity contribution in [3.8, 4) is 0 Å². The van der Waals surface area contributed by atoms with Gasteiger partial charge in [-0.15, -0.1) is 0 Å². The number of hydrogen-bond acceptors (Lipinski definition) is 2. The lowest BCUT2D eigenvalue weighted by molar-refractivity contribution is 0.443. The van der Waals surface area contributed by atoms with Gasteiger partial charge < -0.3 is 0 Å². The number of halogens is 1. The Balaban J connectivity index is 2.50. The van der Waals surface area contributed by atoms with Crippen molar-refractivity contribution in [2.45, 2.75) is 45.3 Å². The van der Waals surface area contributed by atoms with Crippen LogP contribution in [0.25, 0.3) is 0 Å². The molecule has 114 valence electrons. The summed E-state index contributed by atoms with van der Waals surface area (Å²) < 4.78 is 39.4.